The van der Waals surface area contributed by atoms with Gasteiger partial charge in [-0.15, -0.1) is 0 Å². The van der Waals surface area contributed by atoms with Crippen LogP contribution in [0.4, 0.5) is 0 Å². The predicted molar refractivity (Wildman–Crippen MR) is 82.4 cm³/mol. The van der Waals surface area contributed by atoms with Crippen molar-refractivity contribution in [3.05, 3.63) is 47.0 Å². The van der Waals surface area contributed by atoms with Gasteiger partial charge in [-0.3, -0.25) is 4.79 Å². The molecule has 4 heteroatoms. The molecule has 0 aromatic heterocycles. The number of carbonyl (C=O) groups excluding carboxylic acids is 1. The van der Waals surface area contributed by atoms with Crippen LogP contribution in [0.1, 0.15) is 17.3 Å². The number of carbonyl (C=O) groups is 1. The molecule has 0 saturated carbocycles. The molecule has 1 atom stereocenters. The van der Waals surface area contributed by atoms with Crippen molar-refractivity contribution in [3.63, 3.8) is 0 Å². The molecule has 3 nitrogen and oxygen atoms in total. The molecule has 1 heterocycles. The largest absolute Gasteiger partial charge is 0.489 e. The first kappa shape index (κ1) is 14.0. The minimum absolute atomic E-state index is 0.349. The van der Waals surface area contributed by atoms with Crippen LogP contribution in [0.5, 0.6) is 11.5 Å². The lowest BCUT2D eigenvalue weighted by Gasteiger charge is -2.11. The number of hydrogen-bond donors (Lipinski definition) is 0. The van der Waals surface area contributed by atoms with Crippen molar-refractivity contribution in [2.24, 2.45) is 5.92 Å². The van der Waals surface area contributed by atoms with E-state index in [9.17, 15) is 4.79 Å². The van der Waals surface area contributed by atoms with Crippen LogP contribution in [0.3, 0.4) is 0 Å². The Morgan fingerprint density at radius 3 is 2.62 bits per heavy atom. The summed E-state index contributed by atoms with van der Waals surface area (Å²) in [4.78, 5) is 11.2. The zero-order valence-corrected chi connectivity index (χ0v) is 12.4. The van der Waals surface area contributed by atoms with Gasteiger partial charge in [-0.1, -0.05) is 30.7 Å². The summed E-state index contributed by atoms with van der Waals surface area (Å²) in [6.07, 6.45) is 0.812. The fourth-order valence-electron chi connectivity index (χ4n) is 2.31. The van der Waals surface area contributed by atoms with E-state index in [4.69, 9.17) is 21.1 Å². The average molecular weight is 303 g/mol. The maximum atomic E-state index is 11.2. The molecule has 0 spiro atoms. The molecular formula is C17H15ClO3. The van der Waals surface area contributed by atoms with Crippen LogP contribution in [-0.4, -0.2) is 19.5 Å². The zero-order valence-electron chi connectivity index (χ0n) is 11.6. The zero-order chi connectivity index (χ0) is 14.8. The average Bonchev–Trinajstić information content (AvgIpc) is 2.69. The molecular weight excluding hydrogens is 288 g/mol. The number of halogens is 1. The van der Waals surface area contributed by atoms with Crippen LogP contribution >= 0.6 is 11.6 Å². The molecule has 0 fully saturated rings. The number of aldehydes is 1. The molecule has 108 valence electrons. The molecule has 1 aliphatic heterocycles. The van der Waals surface area contributed by atoms with Crippen molar-refractivity contribution in [1.29, 1.82) is 0 Å². The van der Waals surface area contributed by atoms with Crippen LogP contribution in [0.15, 0.2) is 36.4 Å². The first-order chi connectivity index (χ1) is 10.2. The number of rotatable bonds is 2. The second kappa shape index (κ2) is 5.78. The smallest absolute Gasteiger partial charge is 0.161 e. The highest BCUT2D eigenvalue weighted by Crippen LogP contribution is 2.36. The van der Waals surface area contributed by atoms with Crippen molar-refractivity contribution in [1.82, 2.24) is 0 Å². The molecule has 1 unspecified atom stereocenters. The Bertz CT molecular complexity index is 682. The third-order valence-corrected chi connectivity index (χ3v) is 3.68. The Labute approximate surface area is 128 Å². The number of fused-ring (bicyclic) bond motifs is 1. The molecule has 1 aliphatic rings. The highest BCUT2D eigenvalue weighted by Gasteiger charge is 2.16. The van der Waals surface area contributed by atoms with E-state index in [2.05, 4.69) is 6.92 Å². The normalized spacial score (nSPS) is 17.1. The quantitative estimate of drug-likeness (QED) is 0.779. The van der Waals surface area contributed by atoms with Crippen LogP contribution in [0.2, 0.25) is 5.02 Å². The summed E-state index contributed by atoms with van der Waals surface area (Å²) in [5, 5.41) is 0.545. The Balaban J connectivity index is 2.03. The van der Waals surface area contributed by atoms with E-state index in [1.54, 1.807) is 12.1 Å². The van der Waals surface area contributed by atoms with E-state index < -0.39 is 0 Å². The second-order valence-corrected chi connectivity index (χ2v) is 5.67. The van der Waals surface area contributed by atoms with Gasteiger partial charge in [0.1, 0.15) is 0 Å². The summed E-state index contributed by atoms with van der Waals surface area (Å²) in [5.41, 5.74) is 2.30. The van der Waals surface area contributed by atoms with Crippen molar-refractivity contribution >= 4 is 17.9 Å². The number of benzene rings is 2. The number of ether oxygens (including phenoxy) is 2. The third-order valence-electron chi connectivity index (χ3n) is 3.44. The van der Waals surface area contributed by atoms with Crippen LogP contribution in [-0.2, 0) is 0 Å². The Morgan fingerprint density at radius 1 is 1.10 bits per heavy atom. The van der Waals surface area contributed by atoms with Gasteiger partial charge in [0.25, 0.3) is 0 Å². The molecule has 3 rings (SSSR count). The molecule has 2 aromatic carbocycles. The van der Waals surface area contributed by atoms with E-state index in [0.717, 1.165) is 23.2 Å². The predicted octanol–water partition coefficient (Wildman–Crippen LogP) is 4.23. The molecule has 0 radical (unpaired) electrons. The third kappa shape index (κ3) is 2.88. The van der Waals surface area contributed by atoms with Gasteiger partial charge < -0.3 is 9.47 Å². The van der Waals surface area contributed by atoms with Crippen molar-refractivity contribution in [2.75, 3.05) is 13.2 Å². The molecule has 21 heavy (non-hydrogen) atoms. The van der Waals surface area contributed by atoms with Gasteiger partial charge in [0.15, 0.2) is 17.8 Å². The van der Waals surface area contributed by atoms with Crippen LogP contribution < -0.4 is 9.47 Å². The molecule has 0 saturated heterocycles. The lowest BCUT2D eigenvalue weighted by molar-refractivity contribution is 0.112. The van der Waals surface area contributed by atoms with E-state index in [1.807, 2.05) is 24.3 Å². The highest BCUT2D eigenvalue weighted by atomic mass is 35.5. The summed E-state index contributed by atoms with van der Waals surface area (Å²) >= 11 is 5.93. The Kier molecular flexibility index (Phi) is 3.84. The first-order valence-electron chi connectivity index (χ1n) is 6.82. The lowest BCUT2D eigenvalue weighted by atomic mass is 10.00. The molecule has 0 N–H and O–H groups in total. The van der Waals surface area contributed by atoms with Gasteiger partial charge in [0.05, 0.1) is 13.2 Å². The van der Waals surface area contributed by atoms with Gasteiger partial charge in [-0.05, 0) is 35.4 Å². The standard InChI is InChI=1S/C17H15ClO3/c1-11-9-20-16-5-2-12(7-17(16)21-10-11)15-4-3-14(18)6-13(15)8-19/h2-8,11H,9-10H2,1H3. The fraction of sp³-hybridized carbons (Fsp3) is 0.235. The summed E-state index contributed by atoms with van der Waals surface area (Å²) in [7, 11) is 0. The van der Waals surface area contributed by atoms with Gasteiger partial charge >= 0.3 is 0 Å². The van der Waals surface area contributed by atoms with Crippen molar-refractivity contribution in [2.45, 2.75) is 6.92 Å². The Hall–Kier alpha value is -2.00. The summed E-state index contributed by atoms with van der Waals surface area (Å²) in [5.74, 6) is 1.80. The minimum atomic E-state index is 0.349. The Morgan fingerprint density at radius 2 is 1.86 bits per heavy atom. The van der Waals surface area contributed by atoms with Crippen LogP contribution in [0, 0.1) is 5.92 Å². The topological polar surface area (TPSA) is 35.5 Å². The fourth-order valence-corrected chi connectivity index (χ4v) is 2.49. The van der Waals surface area contributed by atoms with Gasteiger partial charge in [-0.2, -0.15) is 0 Å². The number of hydrogen-bond acceptors (Lipinski definition) is 3. The van der Waals surface area contributed by atoms with E-state index in [0.29, 0.717) is 35.5 Å². The summed E-state index contributed by atoms with van der Waals surface area (Å²) in [6.45, 7) is 3.35. The minimum Gasteiger partial charge on any atom is -0.489 e. The van der Waals surface area contributed by atoms with Gasteiger partial charge in [0, 0.05) is 16.5 Å². The molecule has 0 bridgehead atoms. The SMILES string of the molecule is CC1COc2ccc(-c3ccc(Cl)cc3C=O)cc2OC1. The maximum absolute atomic E-state index is 11.2. The van der Waals surface area contributed by atoms with E-state index in [1.165, 1.54) is 0 Å². The maximum Gasteiger partial charge on any atom is 0.161 e. The summed E-state index contributed by atoms with van der Waals surface area (Å²) in [6, 6.07) is 11.0. The van der Waals surface area contributed by atoms with E-state index >= 15 is 0 Å². The van der Waals surface area contributed by atoms with Gasteiger partial charge in [0.2, 0.25) is 0 Å². The summed E-state index contributed by atoms with van der Waals surface area (Å²) < 4.78 is 11.5. The second-order valence-electron chi connectivity index (χ2n) is 5.24. The monoisotopic (exact) mass is 302 g/mol. The van der Waals surface area contributed by atoms with Crippen LogP contribution in [0.25, 0.3) is 11.1 Å². The van der Waals surface area contributed by atoms with E-state index in [-0.39, 0.29) is 0 Å². The highest BCUT2D eigenvalue weighted by molar-refractivity contribution is 6.31. The molecule has 2 aromatic rings. The lowest BCUT2D eigenvalue weighted by Crippen LogP contribution is -2.12. The van der Waals surface area contributed by atoms with Crippen molar-refractivity contribution < 1.29 is 14.3 Å². The van der Waals surface area contributed by atoms with Gasteiger partial charge in [-0.25, -0.2) is 0 Å². The molecule has 0 amide bonds. The van der Waals surface area contributed by atoms with Crippen molar-refractivity contribution in [3.8, 4) is 22.6 Å². The molecule has 0 aliphatic carbocycles. The first-order valence-corrected chi connectivity index (χ1v) is 7.20.